The molecule has 1 aromatic carbocycles. The van der Waals surface area contributed by atoms with Crippen molar-refractivity contribution in [1.82, 2.24) is 4.98 Å². The minimum atomic E-state index is -4.39. The Balaban J connectivity index is 1.89. The Hall–Kier alpha value is -1.95. The molecule has 0 fully saturated rings. The summed E-state index contributed by atoms with van der Waals surface area (Å²) in [6.07, 6.45) is 0.485. The SMILES string of the molecule is FC(F)(F)c1ccncc1-c1cc2c3c(c1)CCN3C(=S)CC2. The summed E-state index contributed by atoms with van der Waals surface area (Å²) < 4.78 is 39.8. The third-order valence-electron chi connectivity index (χ3n) is 4.49. The molecule has 118 valence electrons. The van der Waals surface area contributed by atoms with E-state index >= 15 is 0 Å². The summed E-state index contributed by atoms with van der Waals surface area (Å²) in [5, 5.41) is 0. The number of aryl methyl sites for hydroxylation is 1. The number of anilines is 1. The molecule has 2 aliphatic heterocycles. The van der Waals surface area contributed by atoms with Crippen molar-refractivity contribution in [3.8, 4) is 11.1 Å². The largest absolute Gasteiger partial charge is 0.417 e. The van der Waals surface area contributed by atoms with Crippen LogP contribution in [0.3, 0.4) is 0 Å². The molecule has 3 heterocycles. The fourth-order valence-corrected chi connectivity index (χ4v) is 3.77. The molecule has 23 heavy (non-hydrogen) atoms. The molecular weight excluding hydrogens is 321 g/mol. The van der Waals surface area contributed by atoms with Crippen molar-refractivity contribution in [3.05, 3.63) is 47.3 Å². The predicted octanol–water partition coefficient (Wildman–Crippen LogP) is 4.40. The van der Waals surface area contributed by atoms with Gasteiger partial charge < -0.3 is 4.90 Å². The van der Waals surface area contributed by atoms with Gasteiger partial charge in [0.2, 0.25) is 0 Å². The number of alkyl halides is 3. The monoisotopic (exact) mass is 334 g/mol. The predicted molar refractivity (Wildman–Crippen MR) is 86.6 cm³/mol. The molecule has 0 radical (unpaired) electrons. The Morgan fingerprint density at radius 3 is 2.57 bits per heavy atom. The topological polar surface area (TPSA) is 16.1 Å². The molecule has 1 aromatic heterocycles. The number of hydrogen-bond acceptors (Lipinski definition) is 2. The van der Waals surface area contributed by atoms with Crippen LogP contribution >= 0.6 is 12.2 Å². The number of hydrogen-bond donors (Lipinski definition) is 0. The van der Waals surface area contributed by atoms with Gasteiger partial charge in [0.15, 0.2) is 0 Å². The van der Waals surface area contributed by atoms with Gasteiger partial charge in [0.05, 0.1) is 10.6 Å². The molecule has 2 nitrogen and oxygen atoms in total. The van der Waals surface area contributed by atoms with Gasteiger partial charge in [0, 0.05) is 36.6 Å². The molecule has 0 saturated heterocycles. The van der Waals surface area contributed by atoms with E-state index in [1.54, 1.807) is 0 Å². The zero-order chi connectivity index (χ0) is 16.2. The highest BCUT2D eigenvalue weighted by atomic mass is 32.1. The first-order valence-electron chi connectivity index (χ1n) is 7.43. The lowest BCUT2D eigenvalue weighted by molar-refractivity contribution is -0.137. The molecule has 2 aromatic rings. The number of nitrogens with zero attached hydrogens (tertiary/aromatic N) is 2. The molecule has 0 unspecified atom stereocenters. The maximum absolute atomic E-state index is 13.3. The first-order valence-corrected chi connectivity index (χ1v) is 7.84. The maximum Gasteiger partial charge on any atom is 0.417 e. The van der Waals surface area contributed by atoms with Crippen molar-refractivity contribution in [2.45, 2.75) is 25.4 Å². The second-order valence-corrected chi connectivity index (χ2v) is 6.33. The van der Waals surface area contributed by atoms with Gasteiger partial charge in [0.25, 0.3) is 0 Å². The molecule has 0 saturated carbocycles. The first-order chi connectivity index (χ1) is 10.9. The molecule has 2 aliphatic rings. The number of halogens is 3. The van der Waals surface area contributed by atoms with E-state index in [0.29, 0.717) is 5.56 Å². The van der Waals surface area contributed by atoms with Crippen LogP contribution in [0.1, 0.15) is 23.1 Å². The average molecular weight is 334 g/mol. The molecule has 4 rings (SSSR count). The van der Waals surface area contributed by atoms with Crippen LogP contribution in [0.15, 0.2) is 30.6 Å². The lowest BCUT2D eigenvalue weighted by Crippen LogP contribution is -2.31. The quantitative estimate of drug-likeness (QED) is 0.719. The minimum Gasteiger partial charge on any atom is -0.335 e. The Bertz CT molecular complexity index is 814. The number of pyridine rings is 1. The molecule has 0 spiro atoms. The lowest BCUT2D eigenvalue weighted by atomic mass is 9.93. The van der Waals surface area contributed by atoms with Crippen LogP contribution in [-0.2, 0) is 19.0 Å². The molecule has 0 atom stereocenters. The van der Waals surface area contributed by atoms with Crippen LogP contribution in [0.25, 0.3) is 11.1 Å². The van der Waals surface area contributed by atoms with Gasteiger partial charge in [-0.3, -0.25) is 4.98 Å². The van der Waals surface area contributed by atoms with Crippen molar-refractivity contribution in [1.29, 1.82) is 0 Å². The van der Waals surface area contributed by atoms with Crippen LogP contribution in [0.5, 0.6) is 0 Å². The second-order valence-electron chi connectivity index (χ2n) is 5.86. The summed E-state index contributed by atoms with van der Waals surface area (Å²) in [5.41, 5.74) is 3.37. The van der Waals surface area contributed by atoms with E-state index < -0.39 is 11.7 Å². The van der Waals surface area contributed by atoms with Crippen molar-refractivity contribution >= 4 is 22.9 Å². The summed E-state index contributed by atoms with van der Waals surface area (Å²) in [6, 6.07) is 4.76. The van der Waals surface area contributed by atoms with Crippen LogP contribution < -0.4 is 4.90 Å². The lowest BCUT2D eigenvalue weighted by Gasteiger charge is -2.28. The highest BCUT2D eigenvalue weighted by molar-refractivity contribution is 7.80. The van der Waals surface area contributed by atoms with Gasteiger partial charge in [-0.2, -0.15) is 13.2 Å². The third kappa shape index (κ3) is 2.32. The number of thiocarbonyl (C=S) groups is 1. The van der Waals surface area contributed by atoms with Crippen LogP contribution in [-0.4, -0.2) is 16.5 Å². The van der Waals surface area contributed by atoms with Crippen LogP contribution in [0.2, 0.25) is 0 Å². The summed E-state index contributed by atoms with van der Waals surface area (Å²) in [5.74, 6) is 0. The highest BCUT2D eigenvalue weighted by Gasteiger charge is 2.35. The number of benzene rings is 1. The van der Waals surface area contributed by atoms with E-state index in [9.17, 15) is 13.2 Å². The fourth-order valence-electron chi connectivity index (χ4n) is 3.49. The third-order valence-corrected chi connectivity index (χ3v) is 4.91. The van der Waals surface area contributed by atoms with E-state index in [1.807, 2.05) is 12.1 Å². The van der Waals surface area contributed by atoms with Crippen molar-refractivity contribution in [2.75, 3.05) is 11.4 Å². The Morgan fingerprint density at radius 1 is 1.09 bits per heavy atom. The zero-order valence-corrected chi connectivity index (χ0v) is 13.0. The number of aromatic nitrogens is 1. The Morgan fingerprint density at radius 2 is 1.83 bits per heavy atom. The van der Waals surface area contributed by atoms with E-state index in [-0.39, 0.29) is 5.56 Å². The van der Waals surface area contributed by atoms with E-state index in [1.165, 1.54) is 12.4 Å². The maximum atomic E-state index is 13.3. The van der Waals surface area contributed by atoms with E-state index in [0.717, 1.165) is 53.7 Å². The average Bonchev–Trinajstić information content (AvgIpc) is 2.95. The van der Waals surface area contributed by atoms with Crippen LogP contribution in [0, 0.1) is 0 Å². The number of rotatable bonds is 1. The normalized spacial score (nSPS) is 16.7. The van der Waals surface area contributed by atoms with E-state index in [4.69, 9.17) is 12.2 Å². The first kappa shape index (κ1) is 14.6. The van der Waals surface area contributed by atoms with E-state index in [2.05, 4.69) is 9.88 Å². The smallest absolute Gasteiger partial charge is 0.335 e. The molecular formula is C17H13F3N2S. The molecule has 6 heteroatoms. The summed E-state index contributed by atoms with van der Waals surface area (Å²) >= 11 is 5.40. The Kier molecular flexibility index (Phi) is 3.20. The summed E-state index contributed by atoms with van der Waals surface area (Å²) in [4.78, 5) is 6.95. The van der Waals surface area contributed by atoms with Crippen molar-refractivity contribution < 1.29 is 13.2 Å². The van der Waals surface area contributed by atoms with Gasteiger partial charge in [-0.25, -0.2) is 0 Å². The molecule has 0 bridgehead atoms. The fraction of sp³-hybridized carbons (Fsp3) is 0.294. The summed E-state index contributed by atoms with van der Waals surface area (Å²) in [7, 11) is 0. The Labute approximate surface area is 137 Å². The van der Waals surface area contributed by atoms with Crippen molar-refractivity contribution in [3.63, 3.8) is 0 Å². The molecule has 0 amide bonds. The van der Waals surface area contributed by atoms with Gasteiger partial charge in [0.1, 0.15) is 0 Å². The molecule has 0 aliphatic carbocycles. The van der Waals surface area contributed by atoms with Gasteiger partial charge >= 0.3 is 6.18 Å². The molecule has 0 N–H and O–H groups in total. The minimum absolute atomic E-state index is 0.144. The summed E-state index contributed by atoms with van der Waals surface area (Å²) in [6.45, 7) is 0.823. The second kappa shape index (κ2) is 5.03. The van der Waals surface area contributed by atoms with Gasteiger partial charge in [-0.15, -0.1) is 0 Å². The van der Waals surface area contributed by atoms with Gasteiger partial charge in [-0.1, -0.05) is 12.2 Å². The highest BCUT2D eigenvalue weighted by Crippen LogP contribution is 2.42. The standard InChI is InChI=1S/C17H13F3N2S/c18-17(19,20)14-3-5-21-9-13(14)12-7-10-1-2-15(23)22-6-4-11(8-12)16(10)22/h3,5,7-9H,1-2,4,6H2. The van der Waals surface area contributed by atoms with Crippen molar-refractivity contribution in [2.24, 2.45) is 0 Å². The van der Waals surface area contributed by atoms with Crippen LogP contribution in [0.4, 0.5) is 18.9 Å². The van der Waals surface area contributed by atoms with Gasteiger partial charge in [-0.05, 0) is 47.7 Å². The zero-order valence-electron chi connectivity index (χ0n) is 12.2.